The number of aliphatic carboxylic acids is 1. The molecule has 15 amide bonds. The molecule has 0 spiro atoms. The Hall–Kier alpha value is -12.1. The first-order valence-corrected chi connectivity index (χ1v) is 40.2. The molecule has 6 aromatic rings. The van der Waals surface area contributed by atoms with Gasteiger partial charge >= 0.3 is 24.1 Å². The summed E-state index contributed by atoms with van der Waals surface area (Å²) in [4.78, 5) is 198. The number of unbranched alkanes of at least 4 members (excludes halogenated alkanes) is 1. The molecule has 33 nitrogen and oxygen atoms in total. The molecule has 121 heavy (non-hydrogen) atoms. The van der Waals surface area contributed by atoms with Crippen molar-refractivity contribution in [3.8, 4) is 0 Å². The zero-order chi connectivity index (χ0) is 89.0. The van der Waals surface area contributed by atoms with Crippen molar-refractivity contribution in [2.75, 3.05) is 43.4 Å². The van der Waals surface area contributed by atoms with E-state index in [1.54, 1.807) is 98.8 Å². The third-order valence-electron chi connectivity index (χ3n) is 19.1. The van der Waals surface area contributed by atoms with E-state index in [2.05, 4.69) is 85.2 Å². The van der Waals surface area contributed by atoms with Crippen molar-refractivity contribution in [3.05, 3.63) is 173 Å². The maximum absolute atomic E-state index is 15.4. The molecule has 10 atom stereocenters. The minimum Gasteiger partial charge on any atom is -0.542 e. The van der Waals surface area contributed by atoms with Crippen molar-refractivity contribution in [2.24, 2.45) is 5.92 Å². The van der Waals surface area contributed by atoms with Crippen LogP contribution in [0.4, 0.5) is 34.1 Å². The van der Waals surface area contributed by atoms with Crippen LogP contribution in [0.2, 0.25) is 5.02 Å². The van der Waals surface area contributed by atoms with Gasteiger partial charge in [0.1, 0.15) is 66.4 Å². The summed E-state index contributed by atoms with van der Waals surface area (Å²) in [5.41, 5.74) is 6.66. The van der Waals surface area contributed by atoms with Crippen molar-refractivity contribution in [1.82, 2.24) is 73.7 Å². The van der Waals surface area contributed by atoms with Gasteiger partial charge in [0.15, 0.2) is 0 Å². The number of nitrogens with one attached hydrogen (secondary N) is 14. The molecule has 0 bridgehead atoms. The van der Waals surface area contributed by atoms with Gasteiger partial charge in [0.2, 0.25) is 59.1 Å². The van der Waals surface area contributed by atoms with E-state index in [-0.39, 0.29) is 63.5 Å². The monoisotopic (exact) mass is 1700 g/mol. The van der Waals surface area contributed by atoms with Gasteiger partial charge in [-0.2, -0.15) is 13.2 Å². The van der Waals surface area contributed by atoms with Crippen LogP contribution in [-0.4, -0.2) is 203 Å². The quantitative estimate of drug-likeness (QED) is 0.0245. The summed E-state index contributed by atoms with van der Waals surface area (Å²) in [6.45, 7) is 14.2. The van der Waals surface area contributed by atoms with Crippen LogP contribution in [0.25, 0.3) is 10.8 Å². The number of anilines is 2. The molecule has 2 heterocycles. The molecule has 18 N–H and O–H groups in total. The van der Waals surface area contributed by atoms with E-state index in [4.69, 9.17) is 21.5 Å². The van der Waals surface area contributed by atoms with Gasteiger partial charge in [0, 0.05) is 93.5 Å². The molecular weight excluding hydrogens is 1600 g/mol. The summed E-state index contributed by atoms with van der Waals surface area (Å²) in [7, 11) is 0. The number of aliphatic hydroxyl groups is 1. The second-order valence-electron chi connectivity index (χ2n) is 29.8. The van der Waals surface area contributed by atoms with Gasteiger partial charge in [-0.3, -0.25) is 58.7 Å². The Labute approximate surface area is 704 Å². The number of halogens is 4. The zero-order valence-electron chi connectivity index (χ0n) is 68.7. The number of urea groups is 2. The number of aromatic nitrogens is 1. The number of likely N-dealkylation sites (tertiary alicyclic amines) is 1. The van der Waals surface area contributed by atoms with Crippen LogP contribution in [0.15, 0.2) is 140 Å². The van der Waals surface area contributed by atoms with E-state index in [0.29, 0.717) is 89.5 Å². The fraction of sp³-hybridized carbons (Fsp3) is 0.440. The number of fused-ring (bicyclic) bond motifs is 1. The second-order valence-corrected chi connectivity index (χ2v) is 30.3. The third-order valence-corrected chi connectivity index (χ3v) is 19.4. The van der Waals surface area contributed by atoms with Gasteiger partial charge in [-0.1, -0.05) is 124 Å². The smallest absolute Gasteiger partial charge is 0.430 e. The van der Waals surface area contributed by atoms with Gasteiger partial charge in [-0.15, -0.1) is 0 Å². The predicted octanol–water partition coefficient (Wildman–Crippen LogP) is 2.35. The normalized spacial score (nSPS) is 14.6. The number of pyridine rings is 1. The topological polar surface area (TPSA) is 494 Å². The summed E-state index contributed by atoms with van der Waals surface area (Å²) in [5, 5.41) is 60.8. The van der Waals surface area contributed by atoms with Crippen molar-refractivity contribution in [2.45, 2.75) is 199 Å². The van der Waals surface area contributed by atoms with Gasteiger partial charge < -0.3 is 94.3 Å². The van der Waals surface area contributed by atoms with Crippen LogP contribution in [0.5, 0.6) is 0 Å². The van der Waals surface area contributed by atoms with E-state index >= 15 is 9.59 Å². The molecule has 654 valence electrons. The lowest BCUT2D eigenvalue weighted by molar-refractivity contribution is -0.344. The first-order chi connectivity index (χ1) is 57.4. The van der Waals surface area contributed by atoms with Crippen LogP contribution < -0.4 is 85.3 Å². The molecule has 1 fully saturated rings. The van der Waals surface area contributed by atoms with Crippen LogP contribution in [0, 0.1) is 5.92 Å². The molecule has 1 aliphatic heterocycles. The number of nitrogens with zero attached hydrogens (tertiary/aromatic N) is 2. The summed E-state index contributed by atoms with van der Waals surface area (Å²) in [6, 6.07) is 21.0. The highest BCUT2D eigenvalue weighted by Gasteiger charge is 2.41. The number of carbonyl (C=O) groups is 14. The number of carboxylic acids is 1. The fourth-order valence-corrected chi connectivity index (χ4v) is 13.0. The first-order valence-electron chi connectivity index (χ1n) is 39.8. The molecule has 7 rings (SSSR count). The lowest BCUT2D eigenvalue weighted by Crippen LogP contribution is -2.66. The molecule has 0 aliphatic carbocycles. The maximum Gasteiger partial charge on any atom is 0.430 e. The number of hydrogen-bond acceptors (Lipinski definition) is 18. The third kappa shape index (κ3) is 33.5. The number of quaternary nitrogens is 1. The van der Waals surface area contributed by atoms with Gasteiger partial charge in [-0.25, -0.2) is 14.4 Å². The number of hydrogen-bond donors (Lipinski definition) is 16. The largest absolute Gasteiger partial charge is 0.542 e. The zero-order valence-corrected chi connectivity index (χ0v) is 69.5. The molecule has 1 saturated heterocycles. The Balaban J connectivity index is 0.00000310. The van der Waals surface area contributed by atoms with Crippen molar-refractivity contribution in [3.63, 3.8) is 0 Å². The average molecular weight is 1710 g/mol. The summed E-state index contributed by atoms with van der Waals surface area (Å²) in [5.74, 6) is -11.8. The Kier molecular flexibility index (Phi) is 39.4. The minimum absolute atomic E-state index is 0.0161. The van der Waals surface area contributed by atoms with Gasteiger partial charge in [0.25, 0.3) is 0 Å². The van der Waals surface area contributed by atoms with E-state index in [0.717, 1.165) is 10.8 Å². The van der Waals surface area contributed by atoms with Gasteiger partial charge in [-0.05, 0) is 153 Å². The van der Waals surface area contributed by atoms with E-state index in [1.807, 2.05) is 70.2 Å². The molecule has 0 unspecified atom stereocenters. The first kappa shape index (κ1) is 97.7. The second kappa shape index (κ2) is 48.8. The average Bonchev–Trinajstić information content (AvgIpc) is 1.45. The molecule has 0 radical (unpaired) electrons. The summed E-state index contributed by atoms with van der Waals surface area (Å²) in [6.07, 6.45) is -1.27. The summed E-state index contributed by atoms with van der Waals surface area (Å²) >= 11 is 6.27. The van der Waals surface area contributed by atoms with Crippen LogP contribution in [-0.2, 0) is 89.6 Å². The molecule has 5 aromatic carbocycles. The fourth-order valence-electron chi connectivity index (χ4n) is 12.9. The van der Waals surface area contributed by atoms with E-state index in [1.165, 1.54) is 31.1 Å². The molecule has 37 heteroatoms. The number of benzene rings is 5. The lowest BCUT2D eigenvalue weighted by atomic mass is 9.99. The number of rotatable bonds is 42. The van der Waals surface area contributed by atoms with Crippen molar-refractivity contribution >= 4 is 117 Å². The SMILES string of the molecule is CCNC(=O)Nc1ccc(C[C@H](NC(=O)[C@H](CO)NC(=O)[C@@H](Cc2cccnc2)NC(=O)[C@@H](Cc2ccc(Cl)cc2)NC(=O)[C@@H](Cc2ccc3ccccc3c2)NC(C)=O)C(=O)N[C@H](Cc2ccc(NC(=O)NCC)cc2)C(=O)N[C@@H](CC(C)C)C(=O)N[C@@H](CCCCNC(C)C)C(=O)N2CCC[C@H]2C(=O)N[C@H](C)C([NH3+])=O)cc1.O=C([O-])C(F)(F)F. The number of alkyl halides is 3. The highest BCUT2D eigenvalue weighted by atomic mass is 35.5. The van der Waals surface area contributed by atoms with E-state index in [9.17, 15) is 71.0 Å². The molecule has 0 saturated carbocycles. The number of carboxylic acid groups (broad SMARTS) is 1. The van der Waals surface area contributed by atoms with Crippen molar-refractivity contribution in [1.29, 1.82) is 0 Å². The lowest BCUT2D eigenvalue weighted by Gasteiger charge is -2.31. The van der Waals surface area contributed by atoms with E-state index < -0.39 is 156 Å². The Bertz CT molecular complexity index is 4510. The van der Waals surface area contributed by atoms with Gasteiger partial charge in [0.05, 0.1) is 6.61 Å². The number of aliphatic hydroxyl groups excluding tert-OH is 1. The number of amides is 15. The molecule has 1 aliphatic rings. The Morgan fingerprint density at radius 1 is 0.537 bits per heavy atom. The van der Waals surface area contributed by atoms with Crippen molar-refractivity contribution < 1.29 is 96.2 Å². The number of carbonyl (C=O) groups excluding carboxylic acids is 14. The highest BCUT2D eigenvalue weighted by Crippen LogP contribution is 2.24. The standard InChI is InChI=1S/C82H108ClN17O14.C2HF3O2/c1-9-86-81(113)91-60-32-25-53(26-33-60)42-66(74(106)94-63(39-48(3)4)72(104)93-62(20-13-14-37-88-49(5)6)80(112)100-38-16-21-70(100)79(111)89-50(7)71(84)103)96-76(108)67(43-54-27-34-61(35-28-54)92-82(114)87-10-2)98-78(110)69(47-101)99-77(109)68(45-56-17-15-36-85-46-56)97-75(107)65(41-52-23-30-59(83)31-24-52)95-73(105)64(90-51(8)102)44-55-22-29-57-18-11-12-19-58(57)40-55;3-2(4,5)1(6)7/h11-12,15,17-19,22-36,40,46,48-50,62-70,88,101H,9-10,13-14,16,20-21,37-39,41-45,47H2,1-8H3,(H2,84,103)(H,89,111)(H,90,102)(H,93,104)(H,94,106)(H,95,105)(H,96,108)(H,97,107)(H,98,110)(H,99,109)(H2,86,91,113)(H2,87,92,114);(H,6,7)/t50-,62+,63+,64-,65-,66-,67+,68-,69+,70+;/m1./s1. The van der Waals surface area contributed by atoms with Crippen LogP contribution >= 0.6 is 11.6 Å². The maximum atomic E-state index is 15.4. The summed E-state index contributed by atoms with van der Waals surface area (Å²) < 4.78 is 31.5. The molecular formula is C84H109ClF3N17O16. The Morgan fingerprint density at radius 2 is 0.967 bits per heavy atom. The van der Waals surface area contributed by atoms with Crippen LogP contribution in [0.3, 0.4) is 0 Å². The molecule has 1 aromatic heterocycles. The minimum atomic E-state index is -5.19. The van der Waals surface area contributed by atoms with Crippen LogP contribution in [0.1, 0.15) is 122 Å². The highest BCUT2D eigenvalue weighted by molar-refractivity contribution is 6.30. The Morgan fingerprint density at radius 3 is 1.41 bits per heavy atom. The predicted molar refractivity (Wildman–Crippen MR) is 442 cm³/mol.